The molecule has 2 heterocycles. The summed E-state index contributed by atoms with van der Waals surface area (Å²) in [6, 6.07) is 19.6. The van der Waals surface area contributed by atoms with Crippen LogP contribution in [0.5, 0.6) is 5.75 Å². The van der Waals surface area contributed by atoms with E-state index in [2.05, 4.69) is 11.1 Å². The number of pyridine rings is 1. The summed E-state index contributed by atoms with van der Waals surface area (Å²) in [4.78, 5) is 9.71. The summed E-state index contributed by atoms with van der Waals surface area (Å²) in [6.07, 6.45) is -0.808. The number of benzene rings is 6. The number of aromatic hydroxyl groups is 1. The molecule has 0 aliphatic heterocycles. The van der Waals surface area contributed by atoms with Gasteiger partial charge in [0.05, 0.1) is 31.9 Å². The van der Waals surface area contributed by atoms with E-state index < -0.39 is 109 Å². The normalized spacial score (nSPS) is 17.8. The third kappa shape index (κ3) is 9.82. The molecule has 0 radical (unpaired) electrons. The Labute approximate surface area is 451 Å². The third-order valence-corrected chi connectivity index (χ3v) is 12.2. The van der Waals surface area contributed by atoms with E-state index in [-0.39, 0.29) is 67.0 Å². The Morgan fingerprint density at radius 2 is 1.35 bits per heavy atom. The Kier molecular flexibility index (Phi) is 8.42. The van der Waals surface area contributed by atoms with Gasteiger partial charge in [-0.25, -0.2) is 4.98 Å². The molecule has 8 aromatic rings. The van der Waals surface area contributed by atoms with E-state index in [4.69, 9.17) is 22.8 Å². The number of aryl methyl sites for hydroxylation is 1. The van der Waals surface area contributed by atoms with Gasteiger partial charge in [0.1, 0.15) is 11.6 Å². The largest absolute Gasteiger partial charge is 0.507 e. The van der Waals surface area contributed by atoms with Crippen molar-refractivity contribution in [3.63, 3.8) is 0 Å². The third-order valence-electron chi connectivity index (χ3n) is 12.2. The topological polar surface area (TPSA) is 50.9 Å². The van der Waals surface area contributed by atoms with E-state index in [1.54, 1.807) is 92.9 Å². The van der Waals surface area contributed by atoms with Gasteiger partial charge < -0.3 is 5.11 Å². The molecule has 6 aromatic carbocycles. The van der Waals surface area contributed by atoms with E-state index in [1.807, 2.05) is 66.7 Å². The molecule has 0 spiro atoms. The molecule has 2 aromatic heterocycles. The van der Waals surface area contributed by atoms with Crippen LogP contribution in [0.3, 0.4) is 0 Å². The molecule has 0 atom stereocenters. The average molecular weight is 1100 g/mol. The van der Waals surface area contributed by atoms with Gasteiger partial charge in [-0.1, -0.05) is 181 Å². The van der Waals surface area contributed by atoms with Crippen molar-refractivity contribution < 1.29 is 55.0 Å². The molecular weight excluding hydrogens is 1010 g/mol. The summed E-state index contributed by atoms with van der Waals surface area (Å²) in [5, 5.41) is 12.4. The number of phenolic OH excluding ortho intramolecular Hbond substituents is 1. The maximum atomic E-state index is 12.4. The Hall–Kier alpha value is -5.57. The molecule has 0 saturated heterocycles. The zero-order valence-corrected chi connectivity index (χ0v) is 42.5. The van der Waals surface area contributed by atoms with Gasteiger partial charge in [-0.15, -0.1) is 29.3 Å². The fourth-order valence-electron chi connectivity index (χ4n) is 8.42. The van der Waals surface area contributed by atoms with Crippen molar-refractivity contribution in [1.29, 1.82) is 0 Å². The minimum absolute atomic E-state index is 0. The van der Waals surface area contributed by atoms with E-state index in [1.165, 1.54) is 0 Å². The van der Waals surface area contributed by atoms with Gasteiger partial charge in [0.2, 0.25) is 0 Å². The fraction of sp³-hybridized carbons (Fsp3) is 0.333. The van der Waals surface area contributed by atoms with Crippen LogP contribution in [0.4, 0.5) is 0 Å². The smallest absolute Gasteiger partial charge is 0.148 e. The maximum absolute atomic E-state index is 12.4. The standard InChI is InChI=1S/C63H70N3O.Pt/c1-37(2)45-34-53(40(7)8)60(67)54(35-45)61-65-59-52(20-17-21-57(59)66(61)56-27-24-44(30-41(56)9)58-50(38(3)4)18-16-19-51(58)39(5)6)46-31-47(33-49(32-46)63(13,14)15)55-36-43(28-29-64-55)42-22-25-48(26-23-42)62(10,11)12;/h16-30,32-40,67H,1-15H3;/q-1;/i9D3,10D3,11D3,12D3,22D,23D,25D,26D,28D,29D,36D,38D,39D;. The zero-order chi connectivity index (χ0) is 66.2. The quantitative estimate of drug-likeness (QED) is 0.139. The van der Waals surface area contributed by atoms with Gasteiger partial charge in [0.25, 0.3) is 0 Å². The number of hydrogen-bond donors (Lipinski definition) is 1. The Balaban J connectivity index is 0.0000113. The molecule has 0 unspecified atom stereocenters. The van der Waals surface area contributed by atoms with Crippen molar-refractivity contribution in [1.82, 2.24) is 14.5 Å². The summed E-state index contributed by atoms with van der Waals surface area (Å²) in [5.41, 5.74) is -1.85. The Bertz CT molecular complexity index is 4000. The van der Waals surface area contributed by atoms with Crippen LogP contribution in [0.2, 0.25) is 0 Å². The number of aromatic nitrogens is 3. The van der Waals surface area contributed by atoms with Crippen LogP contribution < -0.4 is 0 Å². The molecule has 5 heteroatoms. The average Bonchev–Trinajstić information content (AvgIpc) is 1.08. The molecule has 0 aliphatic rings. The van der Waals surface area contributed by atoms with Crippen molar-refractivity contribution >= 4 is 11.0 Å². The first kappa shape index (κ1) is 29.5. The van der Waals surface area contributed by atoms with Crippen LogP contribution in [0, 0.1) is 12.9 Å². The SMILES string of the molecule is [2H]c1nc(-c2[c-]c(-c3cccc4c3nc(-c3cc(C(C)C)cc(C(C)C)c3O)n4-c3ccc(-c4c(C([2H])(C)C)cccc4C([2H])(C)C)cc3C([2H])([2H])[2H])cc(C(C)(C)C)c2)c([2H])c(-c2c([2H])c([2H])c(C(C([2H])([2H])[2H])(C([2H])([2H])[2H])C([2H])([2H])[2H])c([2H])c2[2H])c1[2H].[Pt]. The van der Waals surface area contributed by atoms with Crippen LogP contribution in [0.25, 0.3) is 72.7 Å². The first-order valence-corrected chi connectivity index (χ1v) is 22.5. The molecule has 1 N–H and O–H groups in total. The minimum Gasteiger partial charge on any atom is -0.507 e. The minimum atomic E-state index is -3.96. The van der Waals surface area contributed by atoms with Gasteiger partial charge in [-0.3, -0.25) is 9.55 Å². The second-order valence-electron chi connectivity index (χ2n) is 19.4. The summed E-state index contributed by atoms with van der Waals surface area (Å²) >= 11 is 0. The van der Waals surface area contributed by atoms with Crippen molar-refractivity contribution in [2.24, 2.45) is 0 Å². The number of nitrogens with zero attached hydrogens (tertiary/aromatic N) is 3. The molecule has 0 amide bonds. The molecule has 68 heavy (non-hydrogen) atoms. The molecule has 0 saturated carbocycles. The van der Waals surface area contributed by atoms with Crippen LogP contribution in [0.1, 0.15) is 188 Å². The monoisotopic (exact) mass is 1100 g/mol. The zero-order valence-electron chi connectivity index (χ0n) is 61.3. The number of rotatable bonds is 10. The molecule has 0 aliphatic carbocycles. The predicted octanol–water partition coefficient (Wildman–Crippen LogP) is 17.7. The number of hydrogen-bond acceptors (Lipinski definition) is 3. The first-order valence-electron chi connectivity index (χ1n) is 33.0. The van der Waals surface area contributed by atoms with E-state index >= 15 is 0 Å². The maximum Gasteiger partial charge on any atom is 0.148 e. The van der Waals surface area contributed by atoms with E-state index in [0.717, 1.165) is 5.56 Å². The van der Waals surface area contributed by atoms with Gasteiger partial charge >= 0.3 is 0 Å². The van der Waals surface area contributed by atoms with E-state index in [9.17, 15) is 16.1 Å². The number of para-hydroxylation sites is 1. The second-order valence-corrected chi connectivity index (χ2v) is 19.4. The van der Waals surface area contributed by atoms with Crippen LogP contribution in [0.15, 0.2) is 121 Å². The van der Waals surface area contributed by atoms with Gasteiger partial charge in [0, 0.05) is 52.1 Å². The Morgan fingerprint density at radius 1 is 0.676 bits per heavy atom. The van der Waals surface area contributed by atoms with Crippen LogP contribution in [-0.4, -0.2) is 19.6 Å². The second kappa shape index (κ2) is 19.4. The number of fused-ring (bicyclic) bond motifs is 1. The van der Waals surface area contributed by atoms with Crippen molar-refractivity contribution in [2.75, 3.05) is 0 Å². The van der Waals surface area contributed by atoms with E-state index in [0.29, 0.717) is 61.1 Å². The Morgan fingerprint density at radius 3 is 1.97 bits per heavy atom. The fourth-order valence-corrected chi connectivity index (χ4v) is 8.42. The molecule has 4 nitrogen and oxygen atoms in total. The summed E-state index contributed by atoms with van der Waals surface area (Å²) in [7, 11) is 0. The van der Waals surface area contributed by atoms with Gasteiger partial charge in [-0.2, -0.15) is 0 Å². The number of imidazole rings is 1. The summed E-state index contributed by atoms with van der Waals surface area (Å²) in [5.74, 6) is -2.47. The van der Waals surface area contributed by atoms with Crippen molar-refractivity contribution in [3.05, 3.63) is 166 Å². The molecule has 354 valence electrons. The summed E-state index contributed by atoms with van der Waals surface area (Å²) in [6.45, 7) is 5.86. The van der Waals surface area contributed by atoms with Crippen molar-refractivity contribution in [2.45, 2.75) is 138 Å². The number of phenols is 1. The molecular formula is C63H70N3OPt-. The predicted molar refractivity (Wildman–Crippen MR) is 285 cm³/mol. The van der Waals surface area contributed by atoms with Crippen molar-refractivity contribution in [3.8, 4) is 67.5 Å². The summed E-state index contributed by atoms with van der Waals surface area (Å²) < 4.78 is 186. The van der Waals surface area contributed by atoms with Crippen LogP contribution in [-0.2, 0) is 31.9 Å². The molecule has 0 bridgehead atoms. The van der Waals surface area contributed by atoms with Crippen LogP contribution >= 0.6 is 0 Å². The molecule has 8 rings (SSSR count). The molecule has 0 fully saturated rings. The van der Waals surface area contributed by atoms with Gasteiger partial charge in [-0.05, 0) is 127 Å². The van der Waals surface area contributed by atoms with Gasteiger partial charge in [0.15, 0.2) is 0 Å². The first-order chi connectivity index (χ1) is 40.1.